The second kappa shape index (κ2) is 7.98. The van der Waals surface area contributed by atoms with Crippen molar-refractivity contribution in [1.29, 1.82) is 0 Å². The van der Waals surface area contributed by atoms with Crippen LogP contribution in [0, 0.1) is 6.92 Å². The van der Waals surface area contributed by atoms with Gasteiger partial charge in [-0.2, -0.15) is 0 Å². The Bertz CT molecular complexity index is 547. The van der Waals surface area contributed by atoms with Gasteiger partial charge in [0.15, 0.2) is 0 Å². The van der Waals surface area contributed by atoms with E-state index in [2.05, 4.69) is 15.3 Å². The molecule has 1 aliphatic heterocycles. The SMILES string of the molecule is Cc1cnc(C(=O)N[C@@H]2COCC[C@@H]2OCC(=O)N(C)C)cn1. The van der Waals surface area contributed by atoms with E-state index in [0.717, 1.165) is 5.69 Å². The van der Waals surface area contributed by atoms with Crippen molar-refractivity contribution in [2.45, 2.75) is 25.5 Å². The average molecular weight is 322 g/mol. The predicted octanol–water partition coefficient (Wildman–Crippen LogP) is -0.223. The average Bonchev–Trinajstić information content (AvgIpc) is 2.54. The number of carbonyl (C=O) groups is 2. The molecular formula is C15H22N4O4. The van der Waals surface area contributed by atoms with E-state index in [1.54, 1.807) is 21.0 Å². The third-order valence-electron chi connectivity index (χ3n) is 3.54. The molecule has 2 heterocycles. The van der Waals surface area contributed by atoms with Gasteiger partial charge in [0.1, 0.15) is 12.3 Å². The van der Waals surface area contributed by atoms with Gasteiger partial charge in [0.05, 0.1) is 30.6 Å². The lowest BCUT2D eigenvalue weighted by Gasteiger charge is -2.32. The zero-order chi connectivity index (χ0) is 16.8. The summed E-state index contributed by atoms with van der Waals surface area (Å²) in [4.78, 5) is 33.4. The predicted molar refractivity (Wildman–Crippen MR) is 81.9 cm³/mol. The highest BCUT2D eigenvalue weighted by atomic mass is 16.5. The molecule has 2 atom stereocenters. The summed E-state index contributed by atoms with van der Waals surface area (Å²) in [6, 6.07) is -0.325. The Balaban J connectivity index is 1.93. The van der Waals surface area contributed by atoms with E-state index >= 15 is 0 Å². The minimum atomic E-state index is -0.333. The number of nitrogens with zero attached hydrogens (tertiary/aromatic N) is 3. The van der Waals surface area contributed by atoms with Gasteiger partial charge >= 0.3 is 0 Å². The maximum absolute atomic E-state index is 12.2. The van der Waals surface area contributed by atoms with Crippen LogP contribution in [0.4, 0.5) is 0 Å². The normalized spacial score (nSPS) is 20.8. The maximum atomic E-state index is 12.2. The standard InChI is InChI=1S/C15H22N4O4/c1-10-6-17-11(7-16-10)15(21)18-12-8-22-5-4-13(12)23-9-14(20)19(2)3/h6-7,12-13H,4-5,8-9H2,1-3H3,(H,18,21)/t12-,13+/m1/s1. The van der Waals surface area contributed by atoms with Gasteiger partial charge in [0.25, 0.3) is 5.91 Å². The van der Waals surface area contributed by atoms with Crippen LogP contribution in [0.1, 0.15) is 22.6 Å². The number of hydrogen-bond acceptors (Lipinski definition) is 6. The molecule has 0 aromatic carbocycles. The molecule has 1 fully saturated rings. The minimum Gasteiger partial charge on any atom is -0.379 e. The Morgan fingerprint density at radius 2 is 2.17 bits per heavy atom. The summed E-state index contributed by atoms with van der Waals surface area (Å²) in [5, 5.41) is 2.84. The maximum Gasteiger partial charge on any atom is 0.271 e. The van der Waals surface area contributed by atoms with Crippen molar-refractivity contribution in [2.24, 2.45) is 0 Å². The highest BCUT2D eigenvalue weighted by molar-refractivity contribution is 5.92. The van der Waals surface area contributed by atoms with Gasteiger partial charge in [-0.25, -0.2) is 4.98 Å². The van der Waals surface area contributed by atoms with Crippen molar-refractivity contribution < 1.29 is 19.1 Å². The van der Waals surface area contributed by atoms with E-state index in [4.69, 9.17) is 9.47 Å². The number of nitrogens with one attached hydrogen (secondary N) is 1. The van der Waals surface area contributed by atoms with Crippen molar-refractivity contribution >= 4 is 11.8 Å². The smallest absolute Gasteiger partial charge is 0.271 e. The molecule has 1 N–H and O–H groups in total. The number of amides is 2. The van der Waals surface area contributed by atoms with E-state index in [1.165, 1.54) is 17.3 Å². The molecule has 126 valence electrons. The fourth-order valence-corrected chi connectivity index (χ4v) is 2.11. The first-order valence-electron chi connectivity index (χ1n) is 7.46. The Morgan fingerprint density at radius 3 is 2.83 bits per heavy atom. The molecule has 1 aromatic rings. The molecule has 0 bridgehead atoms. The van der Waals surface area contributed by atoms with E-state index in [1.807, 2.05) is 0 Å². The molecular weight excluding hydrogens is 300 g/mol. The van der Waals surface area contributed by atoms with Gasteiger partial charge < -0.3 is 19.7 Å². The lowest BCUT2D eigenvalue weighted by atomic mass is 10.1. The van der Waals surface area contributed by atoms with Crippen LogP contribution in [-0.2, 0) is 14.3 Å². The summed E-state index contributed by atoms with van der Waals surface area (Å²) in [7, 11) is 3.34. The van der Waals surface area contributed by atoms with E-state index in [9.17, 15) is 9.59 Å². The first kappa shape index (κ1) is 17.3. The van der Waals surface area contributed by atoms with Crippen molar-refractivity contribution in [3.63, 3.8) is 0 Å². The van der Waals surface area contributed by atoms with Crippen LogP contribution >= 0.6 is 0 Å². The highest BCUT2D eigenvalue weighted by Crippen LogP contribution is 2.13. The Kier molecular flexibility index (Phi) is 6.00. The van der Waals surface area contributed by atoms with Crippen LogP contribution in [0.3, 0.4) is 0 Å². The van der Waals surface area contributed by atoms with Crippen LogP contribution in [0.2, 0.25) is 0 Å². The number of aryl methyl sites for hydroxylation is 1. The first-order valence-corrected chi connectivity index (χ1v) is 7.46. The highest BCUT2D eigenvalue weighted by Gasteiger charge is 2.29. The topological polar surface area (TPSA) is 93.7 Å². The molecule has 0 saturated carbocycles. The van der Waals surface area contributed by atoms with Crippen molar-refractivity contribution in [2.75, 3.05) is 33.9 Å². The van der Waals surface area contributed by atoms with Crippen LogP contribution < -0.4 is 5.32 Å². The van der Waals surface area contributed by atoms with Crippen LogP contribution in [0.25, 0.3) is 0 Å². The summed E-state index contributed by atoms with van der Waals surface area (Å²) >= 11 is 0. The second-order valence-corrected chi connectivity index (χ2v) is 5.62. The van der Waals surface area contributed by atoms with Crippen molar-refractivity contribution in [3.05, 3.63) is 23.8 Å². The largest absolute Gasteiger partial charge is 0.379 e. The molecule has 0 aliphatic carbocycles. The molecule has 2 rings (SSSR count). The number of carbonyl (C=O) groups excluding carboxylic acids is 2. The van der Waals surface area contributed by atoms with Gasteiger partial charge in [-0.1, -0.05) is 0 Å². The van der Waals surface area contributed by atoms with E-state index < -0.39 is 0 Å². The summed E-state index contributed by atoms with van der Waals surface area (Å²) < 4.78 is 11.0. The van der Waals surface area contributed by atoms with Gasteiger partial charge in [-0.3, -0.25) is 14.6 Å². The lowest BCUT2D eigenvalue weighted by Crippen LogP contribution is -2.51. The van der Waals surface area contributed by atoms with E-state index in [-0.39, 0.29) is 36.3 Å². The molecule has 1 saturated heterocycles. The Labute approximate surface area is 135 Å². The van der Waals surface area contributed by atoms with Gasteiger partial charge in [-0.15, -0.1) is 0 Å². The quantitative estimate of drug-likeness (QED) is 0.805. The Hall–Kier alpha value is -2.06. The molecule has 1 aromatic heterocycles. The number of ether oxygens (including phenoxy) is 2. The molecule has 0 spiro atoms. The first-order chi connectivity index (χ1) is 11.0. The zero-order valence-corrected chi connectivity index (χ0v) is 13.6. The number of hydrogen-bond donors (Lipinski definition) is 1. The Morgan fingerprint density at radius 1 is 1.39 bits per heavy atom. The molecule has 23 heavy (non-hydrogen) atoms. The summed E-state index contributed by atoms with van der Waals surface area (Å²) in [5.41, 5.74) is 0.982. The van der Waals surface area contributed by atoms with Gasteiger partial charge in [0, 0.05) is 26.9 Å². The fraction of sp³-hybridized carbons (Fsp3) is 0.600. The van der Waals surface area contributed by atoms with Crippen molar-refractivity contribution in [3.8, 4) is 0 Å². The van der Waals surface area contributed by atoms with Gasteiger partial charge in [-0.05, 0) is 13.3 Å². The summed E-state index contributed by atoms with van der Waals surface area (Å²) in [6.07, 6.45) is 3.32. The molecule has 2 amide bonds. The van der Waals surface area contributed by atoms with Crippen molar-refractivity contribution in [1.82, 2.24) is 20.2 Å². The summed E-state index contributed by atoms with van der Waals surface area (Å²) in [5.74, 6) is -0.452. The third-order valence-corrected chi connectivity index (χ3v) is 3.54. The number of likely N-dealkylation sites (N-methyl/N-ethyl adjacent to an activating group) is 1. The molecule has 1 aliphatic rings. The lowest BCUT2D eigenvalue weighted by molar-refractivity contribution is -0.138. The third kappa shape index (κ3) is 4.97. The molecule has 8 heteroatoms. The van der Waals surface area contributed by atoms with E-state index in [0.29, 0.717) is 19.6 Å². The monoisotopic (exact) mass is 322 g/mol. The molecule has 0 unspecified atom stereocenters. The molecule has 0 radical (unpaired) electrons. The second-order valence-electron chi connectivity index (χ2n) is 5.62. The van der Waals surface area contributed by atoms with Crippen LogP contribution in [0.15, 0.2) is 12.4 Å². The minimum absolute atomic E-state index is 0.0195. The van der Waals surface area contributed by atoms with Gasteiger partial charge in [0.2, 0.25) is 5.91 Å². The zero-order valence-electron chi connectivity index (χ0n) is 13.6. The van der Waals surface area contributed by atoms with Crippen LogP contribution in [-0.4, -0.2) is 72.7 Å². The van der Waals surface area contributed by atoms with Crippen LogP contribution in [0.5, 0.6) is 0 Å². The molecule has 8 nitrogen and oxygen atoms in total. The summed E-state index contributed by atoms with van der Waals surface area (Å²) in [6.45, 7) is 2.66. The fourth-order valence-electron chi connectivity index (χ4n) is 2.11. The number of rotatable bonds is 5. The number of aromatic nitrogens is 2.